The van der Waals surface area contributed by atoms with Gasteiger partial charge in [-0.1, -0.05) is 30.3 Å². The van der Waals surface area contributed by atoms with Crippen LogP contribution >= 0.6 is 0 Å². The lowest BCUT2D eigenvalue weighted by atomic mass is 10.0. The first kappa shape index (κ1) is 20.2. The molecule has 1 fully saturated rings. The van der Waals surface area contributed by atoms with E-state index < -0.39 is 5.54 Å². The third kappa shape index (κ3) is 5.02. The van der Waals surface area contributed by atoms with Crippen LogP contribution in [0.25, 0.3) is 0 Å². The number of nitriles is 1. The van der Waals surface area contributed by atoms with Crippen molar-refractivity contribution in [1.82, 2.24) is 9.88 Å². The maximum absolute atomic E-state index is 9.39. The quantitative estimate of drug-likeness (QED) is 0.780. The zero-order valence-electron chi connectivity index (χ0n) is 17.2. The van der Waals surface area contributed by atoms with Crippen LogP contribution in [0.2, 0.25) is 0 Å². The second-order valence-electron chi connectivity index (χ2n) is 8.02. The van der Waals surface area contributed by atoms with E-state index in [0.717, 1.165) is 50.5 Å². The minimum Gasteiger partial charge on any atom is -0.365 e. The largest absolute Gasteiger partial charge is 0.365 e. The van der Waals surface area contributed by atoms with Crippen molar-refractivity contribution < 1.29 is 0 Å². The third-order valence-electron chi connectivity index (χ3n) is 5.37. The van der Waals surface area contributed by atoms with Crippen molar-refractivity contribution in [3.8, 4) is 6.07 Å². The number of anilines is 2. The molecule has 2 heterocycles. The Kier molecular flexibility index (Phi) is 6.53. The van der Waals surface area contributed by atoms with Crippen LogP contribution in [-0.2, 0) is 6.54 Å². The molecule has 148 valence electrons. The van der Waals surface area contributed by atoms with Crippen molar-refractivity contribution >= 4 is 11.5 Å². The van der Waals surface area contributed by atoms with E-state index in [9.17, 15) is 5.26 Å². The monoisotopic (exact) mass is 377 g/mol. The van der Waals surface area contributed by atoms with Crippen LogP contribution < -0.4 is 10.2 Å². The van der Waals surface area contributed by atoms with Gasteiger partial charge in [0.25, 0.3) is 0 Å². The van der Waals surface area contributed by atoms with Crippen LogP contribution in [0.4, 0.5) is 11.5 Å². The molecule has 5 heteroatoms. The number of pyridine rings is 1. The average molecular weight is 378 g/mol. The molecule has 0 spiro atoms. The van der Waals surface area contributed by atoms with Gasteiger partial charge in [-0.25, -0.2) is 4.98 Å². The molecule has 3 rings (SSSR count). The van der Waals surface area contributed by atoms with Crippen molar-refractivity contribution in [2.75, 3.05) is 29.9 Å². The van der Waals surface area contributed by atoms with Crippen LogP contribution in [0, 0.1) is 11.3 Å². The molecule has 0 bridgehead atoms. The van der Waals surface area contributed by atoms with E-state index in [4.69, 9.17) is 0 Å². The normalized spacial score (nSPS) is 15.8. The Bertz CT molecular complexity index is 788. The summed E-state index contributed by atoms with van der Waals surface area (Å²) in [5, 5.41) is 12.7. The van der Waals surface area contributed by atoms with Crippen LogP contribution in [0.15, 0.2) is 48.7 Å². The fourth-order valence-corrected chi connectivity index (χ4v) is 3.90. The molecular weight excluding hydrogens is 346 g/mol. The molecule has 5 nitrogen and oxygen atoms in total. The van der Waals surface area contributed by atoms with E-state index >= 15 is 0 Å². The SMILES string of the molecule is CCN(c1ncccc1NC(C)(C)C#N)C1CCN(Cc2ccccc2)CC1. The number of hydrogen-bond acceptors (Lipinski definition) is 5. The maximum atomic E-state index is 9.39. The lowest BCUT2D eigenvalue weighted by molar-refractivity contribution is 0.201. The molecule has 0 atom stereocenters. The smallest absolute Gasteiger partial charge is 0.152 e. The number of benzene rings is 1. The van der Waals surface area contributed by atoms with Gasteiger partial charge in [0, 0.05) is 38.4 Å². The summed E-state index contributed by atoms with van der Waals surface area (Å²) < 4.78 is 0. The standard InChI is InChI=1S/C23H31N5/c1-4-28(22-21(11-8-14-25-22)26-23(2,3)18-24)20-12-15-27(16-13-20)17-19-9-6-5-7-10-19/h5-11,14,20,26H,4,12-13,15-17H2,1-3H3. The second kappa shape index (κ2) is 9.07. The van der Waals surface area contributed by atoms with E-state index in [1.54, 1.807) is 0 Å². The highest BCUT2D eigenvalue weighted by molar-refractivity contribution is 5.67. The molecule has 1 aromatic heterocycles. The summed E-state index contributed by atoms with van der Waals surface area (Å²) >= 11 is 0. The van der Waals surface area contributed by atoms with Crippen molar-refractivity contribution in [1.29, 1.82) is 5.26 Å². The van der Waals surface area contributed by atoms with Gasteiger partial charge in [-0.3, -0.25) is 4.90 Å². The molecule has 2 aromatic rings. The lowest BCUT2D eigenvalue weighted by Crippen LogP contribution is -2.45. The molecule has 0 amide bonds. The van der Waals surface area contributed by atoms with Crippen molar-refractivity contribution in [3.63, 3.8) is 0 Å². The molecule has 1 aliphatic heterocycles. The molecule has 1 saturated heterocycles. The Balaban J connectivity index is 1.67. The fraction of sp³-hybridized carbons (Fsp3) is 0.478. The lowest BCUT2D eigenvalue weighted by Gasteiger charge is -2.39. The van der Waals surface area contributed by atoms with Gasteiger partial charge in [-0.15, -0.1) is 0 Å². The number of likely N-dealkylation sites (tertiary alicyclic amines) is 1. The van der Waals surface area contributed by atoms with E-state index in [0.29, 0.717) is 6.04 Å². The van der Waals surface area contributed by atoms with Gasteiger partial charge in [0.05, 0.1) is 11.8 Å². The predicted octanol–water partition coefficient (Wildman–Crippen LogP) is 4.29. The Morgan fingerprint density at radius 1 is 1.18 bits per heavy atom. The van der Waals surface area contributed by atoms with E-state index in [1.807, 2.05) is 32.2 Å². The van der Waals surface area contributed by atoms with Crippen LogP contribution in [0.5, 0.6) is 0 Å². The molecule has 0 aliphatic carbocycles. The molecule has 1 aromatic carbocycles. The molecule has 1 aliphatic rings. The summed E-state index contributed by atoms with van der Waals surface area (Å²) in [5.74, 6) is 0.954. The third-order valence-corrected chi connectivity index (χ3v) is 5.37. The van der Waals surface area contributed by atoms with Gasteiger partial charge in [0.1, 0.15) is 5.54 Å². The van der Waals surface area contributed by atoms with E-state index in [2.05, 4.69) is 63.4 Å². The first-order valence-corrected chi connectivity index (χ1v) is 10.2. The zero-order chi connectivity index (χ0) is 20.0. The van der Waals surface area contributed by atoms with Crippen molar-refractivity contribution in [2.24, 2.45) is 0 Å². The number of rotatable bonds is 7. The van der Waals surface area contributed by atoms with Gasteiger partial charge >= 0.3 is 0 Å². The molecule has 28 heavy (non-hydrogen) atoms. The number of nitrogens with zero attached hydrogens (tertiary/aromatic N) is 4. The molecule has 0 unspecified atom stereocenters. The molecule has 0 radical (unpaired) electrons. The van der Waals surface area contributed by atoms with Crippen LogP contribution in [0.3, 0.4) is 0 Å². The fourth-order valence-electron chi connectivity index (χ4n) is 3.90. The van der Waals surface area contributed by atoms with Gasteiger partial charge in [-0.2, -0.15) is 5.26 Å². The number of hydrogen-bond donors (Lipinski definition) is 1. The summed E-state index contributed by atoms with van der Waals surface area (Å²) in [6.45, 7) is 10.1. The number of aromatic nitrogens is 1. The Labute approximate surface area is 169 Å². The van der Waals surface area contributed by atoms with Gasteiger partial charge in [0.15, 0.2) is 5.82 Å². The van der Waals surface area contributed by atoms with E-state index in [-0.39, 0.29) is 0 Å². The Morgan fingerprint density at radius 3 is 2.54 bits per heavy atom. The van der Waals surface area contributed by atoms with E-state index in [1.165, 1.54) is 5.56 Å². The molecule has 0 saturated carbocycles. The zero-order valence-corrected chi connectivity index (χ0v) is 17.2. The highest BCUT2D eigenvalue weighted by atomic mass is 15.2. The Morgan fingerprint density at radius 2 is 1.89 bits per heavy atom. The average Bonchev–Trinajstić information content (AvgIpc) is 2.71. The van der Waals surface area contributed by atoms with Crippen molar-refractivity contribution in [3.05, 3.63) is 54.2 Å². The molecule has 1 N–H and O–H groups in total. The minimum atomic E-state index is -0.629. The summed E-state index contributed by atoms with van der Waals surface area (Å²) in [4.78, 5) is 9.61. The topological polar surface area (TPSA) is 55.2 Å². The molecular formula is C23H31N5. The highest BCUT2D eigenvalue weighted by Crippen LogP contribution is 2.30. The summed E-state index contributed by atoms with van der Waals surface area (Å²) in [6.07, 6.45) is 4.09. The Hall–Kier alpha value is -2.58. The van der Waals surface area contributed by atoms with Crippen LogP contribution in [0.1, 0.15) is 39.2 Å². The minimum absolute atomic E-state index is 0.470. The van der Waals surface area contributed by atoms with Gasteiger partial charge < -0.3 is 10.2 Å². The number of piperidine rings is 1. The van der Waals surface area contributed by atoms with Crippen LogP contribution in [-0.4, -0.2) is 41.1 Å². The summed E-state index contributed by atoms with van der Waals surface area (Å²) in [7, 11) is 0. The number of nitrogens with one attached hydrogen (secondary N) is 1. The highest BCUT2D eigenvalue weighted by Gasteiger charge is 2.27. The predicted molar refractivity (Wildman–Crippen MR) is 115 cm³/mol. The maximum Gasteiger partial charge on any atom is 0.152 e. The van der Waals surface area contributed by atoms with Gasteiger partial charge in [0.2, 0.25) is 0 Å². The van der Waals surface area contributed by atoms with Crippen molar-refractivity contribution in [2.45, 2.75) is 51.7 Å². The summed E-state index contributed by atoms with van der Waals surface area (Å²) in [6, 6.07) is 17.4. The second-order valence-corrected chi connectivity index (χ2v) is 8.02. The first-order chi connectivity index (χ1) is 13.5. The summed E-state index contributed by atoms with van der Waals surface area (Å²) in [5.41, 5.74) is 1.68. The van der Waals surface area contributed by atoms with Gasteiger partial charge in [-0.05, 0) is 51.3 Å². The first-order valence-electron chi connectivity index (χ1n) is 10.2.